The predicted octanol–water partition coefficient (Wildman–Crippen LogP) is 11.4. The fraction of sp³-hybridized carbons (Fsp3) is 0.933. The molecule has 0 fully saturated rings. The molecule has 0 aliphatic carbocycles. The molecule has 0 heterocycles. The molecule has 0 N–H and O–H groups in total. The van der Waals surface area contributed by atoms with Crippen LogP contribution in [-0.4, -0.2) is 0 Å². The van der Waals surface area contributed by atoms with Gasteiger partial charge in [-0.15, -0.1) is 0 Å². The third kappa shape index (κ3) is 24.3. The van der Waals surface area contributed by atoms with Gasteiger partial charge in [-0.25, -0.2) is 0 Å². The van der Waals surface area contributed by atoms with Crippen molar-refractivity contribution in [3.8, 4) is 0 Å². The third-order valence-electron chi connectivity index (χ3n) is 7.10. The molecule has 2 radical (unpaired) electrons. The zero-order valence-corrected chi connectivity index (χ0v) is 21.4. The predicted molar refractivity (Wildman–Crippen MR) is 140 cm³/mol. The maximum atomic E-state index is 4.07. The van der Waals surface area contributed by atoms with Crippen LogP contribution >= 0.6 is 0 Å². The van der Waals surface area contributed by atoms with Crippen LogP contribution < -0.4 is 0 Å². The van der Waals surface area contributed by atoms with Crippen LogP contribution in [0.15, 0.2) is 0 Å². The van der Waals surface area contributed by atoms with Gasteiger partial charge >= 0.3 is 0 Å². The molecule has 30 heavy (non-hydrogen) atoms. The van der Waals surface area contributed by atoms with Gasteiger partial charge in [-0.3, -0.25) is 0 Å². The van der Waals surface area contributed by atoms with Gasteiger partial charge in [0.1, 0.15) is 0 Å². The zero-order valence-electron chi connectivity index (χ0n) is 21.4. The molecule has 0 nitrogen and oxygen atoms in total. The SMILES string of the molecule is [CH2]CCCCCCCCCCCCCCCCCCCCCCCCC(C[CH2])CC. The van der Waals surface area contributed by atoms with Crippen molar-refractivity contribution in [3.05, 3.63) is 13.8 Å². The number of rotatable bonds is 26. The Balaban J connectivity index is 3.03. The average molecular weight is 421 g/mol. The van der Waals surface area contributed by atoms with Crippen LogP contribution in [0.5, 0.6) is 0 Å². The smallest absolute Gasteiger partial charge is 0.0417 e. The molecule has 0 bridgehead atoms. The van der Waals surface area contributed by atoms with Gasteiger partial charge < -0.3 is 0 Å². The molecule has 0 aromatic carbocycles. The molecule has 180 valence electrons. The highest BCUT2D eigenvalue weighted by molar-refractivity contribution is 4.59. The number of hydrogen-bond donors (Lipinski definition) is 0. The highest BCUT2D eigenvalue weighted by Gasteiger charge is 2.02. The van der Waals surface area contributed by atoms with Crippen LogP contribution in [-0.2, 0) is 0 Å². The van der Waals surface area contributed by atoms with Crippen LogP contribution in [0.4, 0.5) is 0 Å². The average Bonchev–Trinajstić information content (AvgIpc) is 2.77. The van der Waals surface area contributed by atoms with Crippen molar-refractivity contribution in [1.29, 1.82) is 0 Å². The molecule has 0 aliphatic rings. The Bertz CT molecular complexity index is 278. The van der Waals surface area contributed by atoms with Gasteiger partial charge in [0.15, 0.2) is 0 Å². The Morgan fingerprint density at radius 2 is 0.667 bits per heavy atom. The summed E-state index contributed by atoms with van der Waals surface area (Å²) in [4.78, 5) is 0. The lowest BCUT2D eigenvalue weighted by atomic mass is 9.95. The third-order valence-corrected chi connectivity index (χ3v) is 7.10. The Hall–Kier alpha value is 0. The van der Waals surface area contributed by atoms with E-state index in [9.17, 15) is 0 Å². The van der Waals surface area contributed by atoms with Crippen LogP contribution in [0.3, 0.4) is 0 Å². The highest BCUT2D eigenvalue weighted by Crippen LogP contribution is 2.18. The van der Waals surface area contributed by atoms with Crippen molar-refractivity contribution < 1.29 is 0 Å². The van der Waals surface area contributed by atoms with Crippen molar-refractivity contribution in [2.24, 2.45) is 5.92 Å². The quantitative estimate of drug-likeness (QED) is 0.122. The van der Waals surface area contributed by atoms with Crippen LogP contribution in [0.2, 0.25) is 0 Å². The van der Waals surface area contributed by atoms with E-state index in [1.54, 1.807) is 0 Å². The second-order valence-corrected chi connectivity index (χ2v) is 9.98. The van der Waals surface area contributed by atoms with Gasteiger partial charge in [-0.2, -0.15) is 0 Å². The van der Waals surface area contributed by atoms with Crippen molar-refractivity contribution in [2.75, 3.05) is 0 Å². The summed E-state index contributed by atoms with van der Waals surface area (Å²) in [7, 11) is 0. The molecule has 0 aliphatic heterocycles. The van der Waals surface area contributed by atoms with E-state index in [-0.39, 0.29) is 0 Å². The summed E-state index contributed by atoms with van der Waals surface area (Å²) in [6.07, 6.45) is 37.2. The van der Waals surface area contributed by atoms with Crippen LogP contribution in [0, 0.1) is 19.8 Å². The molecule has 0 spiro atoms. The molecule has 1 unspecified atom stereocenters. The topological polar surface area (TPSA) is 0 Å². The van der Waals surface area contributed by atoms with Gasteiger partial charge in [0, 0.05) is 0 Å². The summed E-state index contributed by atoms with van der Waals surface area (Å²) >= 11 is 0. The van der Waals surface area contributed by atoms with E-state index in [1.165, 1.54) is 154 Å². The minimum atomic E-state index is 0.887. The van der Waals surface area contributed by atoms with E-state index >= 15 is 0 Å². The van der Waals surface area contributed by atoms with Crippen molar-refractivity contribution in [3.63, 3.8) is 0 Å². The molecular weight excluding hydrogens is 360 g/mol. The Labute approximate surface area is 193 Å². The van der Waals surface area contributed by atoms with E-state index in [0.29, 0.717) is 0 Å². The Morgan fingerprint density at radius 1 is 0.400 bits per heavy atom. The minimum absolute atomic E-state index is 0.887. The van der Waals surface area contributed by atoms with Crippen molar-refractivity contribution >= 4 is 0 Å². The summed E-state index contributed by atoms with van der Waals surface area (Å²) in [6.45, 7) is 10.3. The van der Waals surface area contributed by atoms with Crippen molar-refractivity contribution in [1.82, 2.24) is 0 Å². The lowest BCUT2D eigenvalue weighted by Gasteiger charge is -2.11. The fourth-order valence-electron chi connectivity index (χ4n) is 4.70. The summed E-state index contributed by atoms with van der Waals surface area (Å²) in [5.74, 6) is 0.887. The number of unbranched alkanes of at least 4 members (excludes halogenated alkanes) is 22. The monoisotopic (exact) mass is 420 g/mol. The summed E-state index contributed by atoms with van der Waals surface area (Å²) in [5, 5.41) is 0. The maximum absolute atomic E-state index is 4.07. The van der Waals surface area contributed by atoms with E-state index in [1.807, 2.05) is 0 Å². The molecule has 0 amide bonds. The standard InChI is InChI=1S/C30H60/c1-4-7-8-9-10-11-12-13-14-15-16-17-18-19-20-21-22-23-24-25-26-27-28-29-30(5-2)6-3/h30H,1-2,4-29H2,3H3. The molecular formula is C30H60. The normalized spacial score (nSPS) is 11.6. The van der Waals surface area contributed by atoms with Crippen LogP contribution in [0.1, 0.15) is 174 Å². The molecule has 0 aromatic rings. The van der Waals surface area contributed by atoms with E-state index < -0.39 is 0 Å². The second kappa shape index (κ2) is 27.0. The fourth-order valence-corrected chi connectivity index (χ4v) is 4.70. The summed E-state index contributed by atoms with van der Waals surface area (Å²) < 4.78 is 0. The number of hydrogen-bond acceptors (Lipinski definition) is 0. The van der Waals surface area contributed by atoms with Gasteiger partial charge in [0.05, 0.1) is 0 Å². The zero-order chi connectivity index (χ0) is 22.0. The van der Waals surface area contributed by atoms with Gasteiger partial charge in [0.2, 0.25) is 0 Å². The molecule has 0 rings (SSSR count). The van der Waals surface area contributed by atoms with E-state index in [2.05, 4.69) is 20.8 Å². The van der Waals surface area contributed by atoms with Gasteiger partial charge in [-0.05, 0) is 5.92 Å². The Morgan fingerprint density at radius 3 is 0.900 bits per heavy atom. The molecule has 1 atom stereocenters. The molecule has 0 heteroatoms. The first-order valence-electron chi connectivity index (χ1n) is 14.4. The van der Waals surface area contributed by atoms with Gasteiger partial charge in [0.25, 0.3) is 0 Å². The summed E-state index contributed by atoms with van der Waals surface area (Å²) in [5.41, 5.74) is 0. The van der Waals surface area contributed by atoms with E-state index in [4.69, 9.17) is 0 Å². The summed E-state index contributed by atoms with van der Waals surface area (Å²) in [6, 6.07) is 0. The first-order valence-corrected chi connectivity index (χ1v) is 14.4. The Kier molecular flexibility index (Phi) is 27.0. The lowest BCUT2D eigenvalue weighted by Crippen LogP contribution is -1.96. The highest BCUT2D eigenvalue weighted by atomic mass is 14.1. The van der Waals surface area contributed by atoms with Gasteiger partial charge in [-0.1, -0.05) is 188 Å². The molecule has 0 saturated heterocycles. The molecule has 0 aromatic heterocycles. The van der Waals surface area contributed by atoms with Crippen LogP contribution in [0.25, 0.3) is 0 Å². The largest absolute Gasteiger partial charge is 0.0651 e. The second-order valence-electron chi connectivity index (χ2n) is 9.98. The first kappa shape index (κ1) is 30.0. The minimum Gasteiger partial charge on any atom is -0.0651 e. The first-order chi connectivity index (χ1) is 14.8. The van der Waals surface area contributed by atoms with E-state index in [0.717, 1.165) is 18.8 Å². The van der Waals surface area contributed by atoms with Crippen molar-refractivity contribution in [2.45, 2.75) is 174 Å². The lowest BCUT2D eigenvalue weighted by molar-refractivity contribution is 0.440. The maximum Gasteiger partial charge on any atom is -0.0417 e. The molecule has 0 saturated carbocycles.